The molecule has 0 radical (unpaired) electrons. The number of aliphatic carboxylic acids is 1. The first-order valence-electron chi connectivity index (χ1n) is 9.12. The van der Waals surface area contributed by atoms with Gasteiger partial charge in [-0.2, -0.15) is 0 Å². The molecule has 2 N–H and O–H groups in total. The third kappa shape index (κ3) is 3.40. The first-order valence-corrected chi connectivity index (χ1v) is 10.4. The molecule has 9 heteroatoms. The predicted octanol–water partition coefficient (Wildman–Crippen LogP) is 4.35. The molecule has 5 atom stereocenters. The number of nitro groups is 1. The number of hydrogen-bond donors (Lipinski definition) is 2. The fraction of sp³-hybridized carbons (Fsp3) is 0.350. The van der Waals surface area contributed by atoms with Crippen molar-refractivity contribution in [3.05, 3.63) is 58.1 Å². The fourth-order valence-corrected chi connectivity index (χ4v) is 6.34. The number of nitrogens with zero attached hydrogens (tertiary/aromatic N) is 1. The molecule has 29 heavy (non-hydrogen) atoms. The van der Waals surface area contributed by atoms with Crippen LogP contribution in [0.1, 0.15) is 17.9 Å². The number of para-hydroxylation sites is 2. The molecule has 2 aromatic carbocycles. The number of fused-ring (bicyclic) bond motifs is 3. The molecule has 1 heterocycles. The van der Waals surface area contributed by atoms with Gasteiger partial charge in [0.15, 0.2) is 0 Å². The van der Waals surface area contributed by atoms with E-state index in [4.69, 9.17) is 16.3 Å². The summed E-state index contributed by atoms with van der Waals surface area (Å²) in [4.78, 5) is 23.5. The fourth-order valence-electron chi connectivity index (χ4n) is 4.40. The van der Waals surface area contributed by atoms with E-state index in [1.165, 1.54) is 17.8 Å². The van der Waals surface area contributed by atoms with Crippen molar-refractivity contribution in [1.29, 1.82) is 0 Å². The summed E-state index contributed by atoms with van der Waals surface area (Å²) in [7, 11) is 1.54. The van der Waals surface area contributed by atoms with Gasteiger partial charge in [-0.3, -0.25) is 10.1 Å². The zero-order valence-corrected chi connectivity index (χ0v) is 17.0. The Morgan fingerprint density at radius 3 is 2.76 bits per heavy atom. The topological polar surface area (TPSA) is 102 Å². The summed E-state index contributed by atoms with van der Waals surface area (Å²) in [5.41, 5.74) is 1.62. The number of benzene rings is 2. The molecular weight excluding hydrogens is 416 g/mol. The van der Waals surface area contributed by atoms with E-state index in [0.29, 0.717) is 22.8 Å². The summed E-state index contributed by atoms with van der Waals surface area (Å²) in [5, 5.41) is 23.8. The van der Waals surface area contributed by atoms with Gasteiger partial charge in [-0.05, 0) is 30.0 Å². The standard InChI is InChI=1S/C20H19ClN2O5S/c1-28-13-7-4-5-10-16-11(19(20(24)25)22-18(10)13)9-15(17(16)21)29-14-8-3-2-6-12(14)23(26)27/h2-8,11,15-17,19,22H,9H2,1H3,(H,24,25)/t11-,15+,16-,17-,19+/m1/s1. The molecule has 4 rings (SSSR count). The molecule has 0 spiro atoms. The number of methoxy groups -OCH3 is 1. The molecule has 152 valence electrons. The average Bonchev–Trinajstić information content (AvgIpc) is 3.03. The molecule has 1 fully saturated rings. The summed E-state index contributed by atoms with van der Waals surface area (Å²) >= 11 is 8.23. The Bertz CT molecular complexity index is 972. The van der Waals surface area contributed by atoms with Gasteiger partial charge in [0, 0.05) is 17.2 Å². The van der Waals surface area contributed by atoms with Crippen LogP contribution in [-0.4, -0.2) is 39.8 Å². The number of nitrogens with one attached hydrogen (secondary N) is 1. The number of thioether (sulfide) groups is 1. The van der Waals surface area contributed by atoms with Gasteiger partial charge in [-0.15, -0.1) is 23.4 Å². The van der Waals surface area contributed by atoms with Gasteiger partial charge in [0.1, 0.15) is 11.8 Å². The van der Waals surface area contributed by atoms with E-state index >= 15 is 0 Å². The van der Waals surface area contributed by atoms with E-state index in [0.717, 1.165) is 5.56 Å². The lowest BCUT2D eigenvalue weighted by molar-refractivity contribution is -0.387. The molecule has 0 bridgehead atoms. The molecule has 0 saturated heterocycles. The van der Waals surface area contributed by atoms with E-state index in [1.807, 2.05) is 12.1 Å². The highest BCUT2D eigenvalue weighted by atomic mass is 35.5. The maximum absolute atomic E-state index is 12.0. The molecule has 1 aliphatic heterocycles. The zero-order chi connectivity index (χ0) is 20.7. The zero-order valence-electron chi connectivity index (χ0n) is 15.4. The van der Waals surface area contributed by atoms with E-state index in [1.54, 1.807) is 31.4 Å². The Balaban J connectivity index is 1.71. The minimum Gasteiger partial charge on any atom is -0.495 e. The number of rotatable bonds is 5. The number of alkyl halides is 1. The summed E-state index contributed by atoms with van der Waals surface area (Å²) in [6, 6.07) is 11.3. The van der Waals surface area contributed by atoms with Crippen LogP contribution in [0.4, 0.5) is 11.4 Å². The van der Waals surface area contributed by atoms with Crippen LogP contribution in [0.15, 0.2) is 47.4 Å². The van der Waals surface area contributed by atoms with E-state index < -0.39 is 16.9 Å². The smallest absolute Gasteiger partial charge is 0.326 e. The number of ether oxygens (including phenoxy) is 1. The summed E-state index contributed by atoms with van der Waals surface area (Å²) in [6.45, 7) is 0. The van der Waals surface area contributed by atoms with Crippen LogP contribution < -0.4 is 10.1 Å². The summed E-state index contributed by atoms with van der Waals surface area (Å²) in [6.07, 6.45) is 0.538. The lowest BCUT2D eigenvalue weighted by atomic mass is 9.79. The van der Waals surface area contributed by atoms with E-state index in [2.05, 4.69) is 5.32 Å². The molecule has 7 nitrogen and oxygen atoms in total. The van der Waals surface area contributed by atoms with Crippen molar-refractivity contribution in [1.82, 2.24) is 0 Å². The van der Waals surface area contributed by atoms with Gasteiger partial charge < -0.3 is 15.2 Å². The summed E-state index contributed by atoms with van der Waals surface area (Å²) in [5.74, 6) is -0.790. The molecule has 0 aromatic heterocycles. The Kier molecular flexibility index (Phi) is 5.31. The maximum Gasteiger partial charge on any atom is 0.326 e. The largest absolute Gasteiger partial charge is 0.495 e. The first-order chi connectivity index (χ1) is 13.9. The van der Waals surface area contributed by atoms with Crippen LogP contribution in [0.25, 0.3) is 0 Å². The highest BCUT2D eigenvalue weighted by Gasteiger charge is 2.52. The molecule has 0 amide bonds. The second kappa shape index (κ2) is 7.76. The third-order valence-corrected chi connectivity index (χ3v) is 7.75. The van der Waals surface area contributed by atoms with Crippen LogP contribution in [0, 0.1) is 16.0 Å². The summed E-state index contributed by atoms with van der Waals surface area (Å²) < 4.78 is 5.41. The predicted molar refractivity (Wildman–Crippen MR) is 111 cm³/mol. The third-order valence-electron chi connectivity index (χ3n) is 5.64. The van der Waals surface area contributed by atoms with Crippen molar-refractivity contribution < 1.29 is 19.6 Å². The van der Waals surface area contributed by atoms with E-state index in [-0.39, 0.29) is 28.2 Å². The number of halogens is 1. The van der Waals surface area contributed by atoms with Gasteiger partial charge in [0.2, 0.25) is 0 Å². The van der Waals surface area contributed by atoms with Crippen molar-refractivity contribution in [2.75, 3.05) is 12.4 Å². The minimum atomic E-state index is -0.947. The van der Waals surface area contributed by atoms with Crippen LogP contribution in [0.2, 0.25) is 0 Å². The number of hydrogen-bond acceptors (Lipinski definition) is 6. The molecule has 2 aliphatic rings. The Hall–Kier alpha value is -2.45. The maximum atomic E-state index is 12.0. The SMILES string of the molecule is COc1cccc2c1N[C@H](C(=O)O)[C@@H]1C[C@H](Sc3ccccc3[N+](=O)[O-])[C@@H](Cl)[C@H]21. The van der Waals surface area contributed by atoms with Gasteiger partial charge in [-0.25, -0.2) is 4.79 Å². The quantitative estimate of drug-likeness (QED) is 0.409. The minimum absolute atomic E-state index is 0.0335. The number of carbonyl (C=O) groups is 1. The highest BCUT2D eigenvalue weighted by molar-refractivity contribution is 8.00. The van der Waals surface area contributed by atoms with Crippen LogP contribution in [0.3, 0.4) is 0 Å². The Morgan fingerprint density at radius 1 is 1.31 bits per heavy atom. The van der Waals surface area contributed by atoms with Gasteiger partial charge in [0.25, 0.3) is 5.69 Å². The molecule has 2 aromatic rings. The van der Waals surface area contributed by atoms with Crippen molar-refractivity contribution in [2.45, 2.75) is 33.9 Å². The lowest BCUT2D eigenvalue weighted by Crippen LogP contribution is -2.42. The van der Waals surface area contributed by atoms with Crippen LogP contribution in [-0.2, 0) is 4.79 Å². The van der Waals surface area contributed by atoms with Gasteiger partial charge in [0.05, 0.1) is 28.0 Å². The molecule has 1 aliphatic carbocycles. The molecular formula is C20H19ClN2O5S. The first kappa shape index (κ1) is 19.8. The van der Waals surface area contributed by atoms with Crippen molar-refractivity contribution in [2.24, 2.45) is 5.92 Å². The monoisotopic (exact) mass is 434 g/mol. The van der Waals surface area contributed by atoms with Crippen molar-refractivity contribution in [3.8, 4) is 5.75 Å². The van der Waals surface area contributed by atoms with Gasteiger partial charge in [-0.1, -0.05) is 24.3 Å². The second-order valence-electron chi connectivity index (χ2n) is 7.14. The van der Waals surface area contributed by atoms with E-state index in [9.17, 15) is 20.0 Å². The normalized spacial score (nSPS) is 27.4. The van der Waals surface area contributed by atoms with Crippen molar-refractivity contribution in [3.63, 3.8) is 0 Å². The second-order valence-corrected chi connectivity index (χ2v) is 8.92. The molecule has 1 saturated carbocycles. The van der Waals surface area contributed by atoms with Crippen molar-refractivity contribution >= 4 is 40.7 Å². The number of nitro benzene ring substituents is 1. The molecule has 0 unspecified atom stereocenters. The van der Waals surface area contributed by atoms with Crippen LogP contribution in [0.5, 0.6) is 5.75 Å². The van der Waals surface area contributed by atoms with Gasteiger partial charge >= 0.3 is 5.97 Å². The Labute approximate surface area is 176 Å². The number of anilines is 1. The average molecular weight is 435 g/mol. The number of carboxylic acids is 1. The highest BCUT2D eigenvalue weighted by Crippen LogP contribution is 2.56. The van der Waals surface area contributed by atoms with Crippen LogP contribution >= 0.6 is 23.4 Å². The number of carboxylic acid groups (broad SMARTS) is 1. The lowest BCUT2D eigenvalue weighted by Gasteiger charge is -2.36. The Morgan fingerprint density at radius 2 is 2.07 bits per heavy atom.